The number of aliphatic imine (C=N–C) groups is 1. The molecule has 1 saturated heterocycles. The highest BCUT2D eigenvalue weighted by molar-refractivity contribution is 5.79. The summed E-state index contributed by atoms with van der Waals surface area (Å²) in [5.74, 6) is 1.82. The van der Waals surface area contributed by atoms with Crippen LogP contribution in [0.15, 0.2) is 23.2 Å². The van der Waals surface area contributed by atoms with Crippen molar-refractivity contribution in [1.29, 1.82) is 0 Å². The third kappa shape index (κ3) is 9.14. The quantitative estimate of drug-likeness (QED) is 0.314. The van der Waals surface area contributed by atoms with Crippen LogP contribution in [-0.4, -0.2) is 87.3 Å². The first kappa shape index (κ1) is 24.9. The number of guanidine groups is 1. The zero-order chi connectivity index (χ0) is 22.5. The van der Waals surface area contributed by atoms with E-state index in [4.69, 9.17) is 14.5 Å². The van der Waals surface area contributed by atoms with E-state index < -0.39 is 0 Å². The van der Waals surface area contributed by atoms with E-state index in [1.807, 2.05) is 11.8 Å². The Morgan fingerprint density at radius 2 is 1.90 bits per heavy atom. The van der Waals surface area contributed by atoms with Gasteiger partial charge < -0.3 is 25.0 Å². The molecule has 8 nitrogen and oxygen atoms in total. The largest absolute Gasteiger partial charge is 0.491 e. The lowest BCUT2D eigenvalue weighted by Gasteiger charge is -2.34. The first-order valence-corrected chi connectivity index (χ1v) is 11.3. The molecule has 0 saturated carbocycles. The monoisotopic (exact) mass is 433 g/mol. The van der Waals surface area contributed by atoms with E-state index in [-0.39, 0.29) is 5.91 Å². The van der Waals surface area contributed by atoms with Gasteiger partial charge in [-0.3, -0.25) is 9.69 Å². The Morgan fingerprint density at radius 1 is 1.13 bits per heavy atom. The van der Waals surface area contributed by atoms with Crippen molar-refractivity contribution in [2.45, 2.75) is 34.2 Å². The van der Waals surface area contributed by atoms with Crippen LogP contribution in [0.4, 0.5) is 0 Å². The number of carbonyl (C=O) groups is 1. The molecule has 31 heavy (non-hydrogen) atoms. The molecule has 0 atom stereocenters. The molecule has 1 aliphatic rings. The summed E-state index contributed by atoms with van der Waals surface area (Å²) in [5, 5.41) is 6.73. The highest BCUT2D eigenvalue weighted by Crippen LogP contribution is 2.21. The number of carbonyl (C=O) groups excluding carboxylic acids is 1. The van der Waals surface area contributed by atoms with E-state index in [2.05, 4.69) is 47.6 Å². The van der Waals surface area contributed by atoms with E-state index in [0.717, 1.165) is 68.6 Å². The molecule has 174 valence electrons. The predicted octanol–water partition coefficient (Wildman–Crippen LogP) is 1.63. The SMILES string of the molecule is CCNC(=NCc1ccc(C)cc1OCCOCC)NCCN1CCN(C(C)=O)CC1. The Hall–Kier alpha value is -2.32. The van der Waals surface area contributed by atoms with Gasteiger partial charge in [-0.05, 0) is 32.4 Å². The summed E-state index contributed by atoms with van der Waals surface area (Å²) >= 11 is 0. The lowest BCUT2D eigenvalue weighted by Crippen LogP contribution is -2.50. The maximum Gasteiger partial charge on any atom is 0.219 e. The smallest absolute Gasteiger partial charge is 0.219 e. The van der Waals surface area contributed by atoms with Crippen LogP contribution in [0.25, 0.3) is 0 Å². The first-order chi connectivity index (χ1) is 15.0. The predicted molar refractivity (Wildman–Crippen MR) is 125 cm³/mol. The van der Waals surface area contributed by atoms with Gasteiger partial charge in [-0.2, -0.15) is 0 Å². The number of hydrogen-bond donors (Lipinski definition) is 2. The van der Waals surface area contributed by atoms with Gasteiger partial charge in [-0.1, -0.05) is 12.1 Å². The van der Waals surface area contributed by atoms with Gasteiger partial charge in [0.05, 0.1) is 13.2 Å². The van der Waals surface area contributed by atoms with Crippen LogP contribution in [0.5, 0.6) is 5.75 Å². The Bertz CT molecular complexity index is 702. The lowest BCUT2D eigenvalue weighted by molar-refractivity contribution is -0.130. The molecule has 1 fully saturated rings. The van der Waals surface area contributed by atoms with Crippen molar-refractivity contribution in [3.63, 3.8) is 0 Å². The lowest BCUT2D eigenvalue weighted by atomic mass is 10.1. The second-order valence-electron chi connectivity index (χ2n) is 7.63. The number of nitrogens with one attached hydrogen (secondary N) is 2. The van der Waals surface area contributed by atoms with Gasteiger partial charge in [0.25, 0.3) is 0 Å². The Morgan fingerprint density at radius 3 is 2.58 bits per heavy atom. The minimum Gasteiger partial charge on any atom is -0.491 e. The van der Waals surface area contributed by atoms with E-state index in [9.17, 15) is 4.79 Å². The van der Waals surface area contributed by atoms with Gasteiger partial charge in [0.1, 0.15) is 12.4 Å². The van der Waals surface area contributed by atoms with Crippen LogP contribution < -0.4 is 15.4 Å². The third-order valence-corrected chi connectivity index (χ3v) is 5.20. The van der Waals surface area contributed by atoms with Crippen molar-refractivity contribution >= 4 is 11.9 Å². The molecule has 1 aliphatic heterocycles. The van der Waals surface area contributed by atoms with Crippen molar-refractivity contribution in [2.75, 3.05) is 65.6 Å². The number of benzene rings is 1. The topological polar surface area (TPSA) is 78.4 Å². The van der Waals surface area contributed by atoms with Gasteiger partial charge in [-0.25, -0.2) is 4.99 Å². The maximum atomic E-state index is 11.5. The number of nitrogens with zero attached hydrogens (tertiary/aromatic N) is 3. The van der Waals surface area contributed by atoms with E-state index in [1.54, 1.807) is 6.92 Å². The molecule has 8 heteroatoms. The second-order valence-corrected chi connectivity index (χ2v) is 7.63. The fourth-order valence-electron chi connectivity index (χ4n) is 3.41. The summed E-state index contributed by atoms with van der Waals surface area (Å²) in [6.45, 7) is 16.1. The fourth-order valence-corrected chi connectivity index (χ4v) is 3.41. The van der Waals surface area contributed by atoms with Crippen molar-refractivity contribution in [2.24, 2.45) is 4.99 Å². The van der Waals surface area contributed by atoms with Crippen LogP contribution in [0.3, 0.4) is 0 Å². The summed E-state index contributed by atoms with van der Waals surface area (Å²) in [6, 6.07) is 6.21. The number of piperazine rings is 1. The third-order valence-electron chi connectivity index (χ3n) is 5.20. The molecule has 0 unspecified atom stereocenters. The molecule has 1 aromatic carbocycles. The molecule has 0 aliphatic carbocycles. The summed E-state index contributed by atoms with van der Waals surface area (Å²) in [5.41, 5.74) is 2.22. The van der Waals surface area contributed by atoms with Crippen molar-refractivity contribution in [1.82, 2.24) is 20.4 Å². The minimum absolute atomic E-state index is 0.164. The average Bonchev–Trinajstić information content (AvgIpc) is 2.76. The Balaban J connectivity index is 1.86. The van der Waals surface area contributed by atoms with Crippen LogP contribution in [0.2, 0.25) is 0 Å². The number of hydrogen-bond acceptors (Lipinski definition) is 5. The van der Waals surface area contributed by atoms with Crippen LogP contribution >= 0.6 is 0 Å². The number of amides is 1. The molecule has 2 N–H and O–H groups in total. The summed E-state index contributed by atoms with van der Waals surface area (Å²) in [7, 11) is 0. The van der Waals surface area contributed by atoms with Crippen molar-refractivity contribution < 1.29 is 14.3 Å². The normalized spacial score (nSPS) is 15.1. The highest BCUT2D eigenvalue weighted by Gasteiger charge is 2.17. The molecule has 0 bridgehead atoms. The standard InChI is InChI=1S/C23H39N5O3/c1-5-24-23(25-9-10-27-11-13-28(14-12-27)20(4)29)26-18-21-8-7-19(3)17-22(21)31-16-15-30-6-2/h7-8,17H,5-6,9-16,18H2,1-4H3,(H2,24,25,26). The number of aryl methyl sites for hydroxylation is 1. The molecule has 1 amide bonds. The van der Waals surface area contributed by atoms with E-state index >= 15 is 0 Å². The molecule has 0 aromatic heterocycles. The molecule has 0 radical (unpaired) electrons. The average molecular weight is 434 g/mol. The van der Waals surface area contributed by atoms with E-state index in [0.29, 0.717) is 26.4 Å². The highest BCUT2D eigenvalue weighted by atomic mass is 16.5. The molecule has 1 aromatic rings. The Labute approximate surface area is 187 Å². The summed E-state index contributed by atoms with van der Waals surface area (Å²) < 4.78 is 11.3. The number of ether oxygens (including phenoxy) is 2. The van der Waals surface area contributed by atoms with Crippen molar-refractivity contribution in [3.8, 4) is 5.75 Å². The van der Waals surface area contributed by atoms with Gasteiger partial charge in [0.15, 0.2) is 5.96 Å². The second kappa shape index (κ2) is 13.9. The fraction of sp³-hybridized carbons (Fsp3) is 0.652. The van der Waals surface area contributed by atoms with Gasteiger partial charge in [0.2, 0.25) is 5.91 Å². The molecular weight excluding hydrogens is 394 g/mol. The van der Waals surface area contributed by atoms with Crippen LogP contribution in [-0.2, 0) is 16.1 Å². The molecule has 1 heterocycles. The molecular formula is C23H39N5O3. The molecule has 0 spiro atoms. The van der Waals surface area contributed by atoms with Gasteiger partial charge in [0, 0.05) is 64.9 Å². The first-order valence-electron chi connectivity index (χ1n) is 11.3. The van der Waals surface area contributed by atoms with Crippen molar-refractivity contribution in [3.05, 3.63) is 29.3 Å². The van der Waals surface area contributed by atoms with Crippen LogP contribution in [0.1, 0.15) is 31.9 Å². The Kier molecular flexibility index (Phi) is 11.2. The summed E-state index contributed by atoms with van der Waals surface area (Å²) in [6.07, 6.45) is 0. The minimum atomic E-state index is 0.164. The maximum absolute atomic E-state index is 11.5. The molecule has 2 rings (SSSR count). The zero-order valence-electron chi connectivity index (χ0n) is 19.6. The zero-order valence-corrected chi connectivity index (χ0v) is 19.6. The van der Waals surface area contributed by atoms with Gasteiger partial charge >= 0.3 is 0 Å². The summed E-state index contributed by atoms with van der Waals surface area (Å²) in [4.78, 5) is 20.5. The number of rotatable bonds is 11. The van der Waals surface area contributed by atoms with Crippen LogP contribution in [0, 0.1) is 6.92 Å². The van der Waals surface area contributed by atoms with Gasteiger partial charge in [-0.15, -0.1) is 0 Å². The van der Waals surface area contributed by atoms with E-state index in [1.165, 1.54) is 0 Å².